The molecule has 0 atom stereocenters. The third-order valence-electron chi connectivity index (χ3n) is 2.50. The van der Waals surface area contributed by atoms with E-state index in [4.69, 9.17) is 4.74 Å². The molecule has 2 heteroatoms. The molecule has 0 aromatic heterocycles. The molecule has 74 valence electrons. The van der Waals surface area contributed by atoms with Crippen molar-refractivity contribution < 1.29 is 9.53 Å². The summed E-state index contributed by atoms with van der Waals surface area (Å²) in [5.74, 6) is 0.959. The van der Waals surface area contributed by atoms with Crippen molar-refractivity contribution in [2.45, 2.75) is 32.8 Å². The van der Waals surface area contributed by atoms with Gasteiger partial charge in [0.25, 0.3) is 0 Å². The van der Waals surface area contributed by atoms with Crippen molar-refractivity contribution in [3.63, 3.8) is 0 Å². The molecule has 1 aliphatic heterocycles. The Hall–Kier alpha value is -1.31. The first-order chi connectivity index (χ1) is 6.52. The molecule has 0 spiro atoms. The topological polar surface area (TPSA) is 26.3 Å². The second-order valence-corrected chi connectivity index (χ2v) is 4.48. The SMILES string of the molecule is Cc1cc(C=O)cc2c1OC(C)(C)C2. The van der Waals surface area contributed by atoms with Crippen molar-refractivity contribution in [1.29, 1.82) is 0 Å². The summed E-state index contributed by atoms with van der Waals surface area (Å²) >= 11 is 0. The number of benzene rings is 1. The van der Waals surface area contributed by atoms with Gasteiger partial charge in [0.15, 0.2) is 0 Å². The van der Waals surface area contributed by atoms with Crippen LogP contribution in [0.15, 0.2) is 12.1 Å². The van der Waals surface area contributed by atoms with Crippen molar-refractivity contribution in [3.05, 3.63) is 28.8 Å². The predicted octanol–water partition coefficient (Wildman–Crippen LogP) is 2.52. The third-order valence-corrected chi connectivity index (χ3v) is 2.50. The monoisotopic (exact) mass is 190 g/mol. The molecule has 0 saturated carbocycles. The maximum Gasteiger partial charge on any atom is 0.150 e. The number of aldehydes is 1. The number of ether oxygens (including phenoxy) is 1. The first kappa shape index (κ1) is 9.25. The molecule has 1 heterocycles. The van der Waals surface area contributed by atoms with Crippen LogP contribution >= 0.6 is 0 Å². The molecule has 14 heavy (non-hydrogen) atoms. The van der Waals surface area contributed by atoms with Gasteiger partial charge in [0, 0.05) is 12.0 Å². The number of hydrogen-bond donors (Lipinski definition) is 0. The maximum atomic E-state index is 10.7. The predicted molar refractivity (Wildman–Crippen MR) is 55.0 cm³/mol. The fourth-order valence-corrected chi connectivity index (χ4v) is 1.99. The van der Waals surface area contributed by atoms with E-state index < -0.39 is 0 Å². The van der Waals surface area contributed by atoms with E-state index in [0.717, 1.165) is 35.1 Å². The third kappa shape index (κ3) is 1.41. The van der Waals surface area contributed by atoms with Crippen LogP contribution in [0, 0.1) is 6.92 Å². The molecule has 0 amide bonds. The van der Waals surface area contributed by atoms with Gasteiger partial charge in [-0.15, -0.1) is 0 Å². The zero-order valence-corrected chi connectivity index (χ0v) is 8.76. The van der Waals surface area contributed by atoms with Crippen LogP contribution in [0.25, 0.3) is 0 Å². The minimum Gasteiger partial charge on any atom is -0.487 e. The van der Waals surface area contributed by atoms with E-state index in [0.29, 0.717) is 0 Å². The molecule has 1 aromatic carbocycles. The second kappa shape index (κ2) is 2.84. The Morgan fingerprint density at radius 2 is 2.14 bits per heavy atom. The lowest BCUT2D eigenvalue weighted by molar-refractivity contribution is 0.112. The van der Waals surface area contributed by atoms with Crippen LogP contribution in [-0.4, -0.2) is 11.9 Å². The van der Waals surface area contributed by atoms with E-state index in [1.54, 1.807) is 0 Å². The minimum atomic E-state index is -0.130. The number of hydrogen-bond acceptors (Lipinski definition) is 2. The highest BCUT2D eigenvalue weighted by molar-refractivity contribution is 5.76. The van der Waals surface area contributed by atoms with Crippen LogP contribution in [0.4, 0.5) is 0 Å². The summed E-state index contributed by atoms with van der Waals surface area (Å²) < 4.78 is 5.81. The Bertz CT molecular complexity index is 392. The Morgan fingerprint density at radius 3 is 2.79 bits per heavy atom. The van der Waals surface area contributed by atoms with E-state index in [-0.39, 0.29) is 5.60 Å². The van der Waals surface area contributed by atoms with Gasteiger partial charge in [-0.1, -0.05) is 0 Å². The number of carbonyl (C=O) groups is 1. The van der Waals surface area contributed by atoms with Gasteiger partial charge in [0.2, 0.25) is 0 Å². The highest BCUT2D eigenvalue weighted by Gasteiger charge is 2.31. The fraction of sp³-hybridized carbons (Fsp3) is 0.417. The van der Waals surface area contributed by atoms with Gasteiger partial charge < -0.3 is 4.74 Å². The molecule has 2 nitrogen and oxygen atoms in total. The highest BCUT2D eigenvalue weighted by atomic mass is 16.5. The van der Waals surface area contributed by atoms with Crippen molar-refractivity contribution in [1.82, 2.24) is 0 Å². The quantitative estimate of drug-likeness (QED) is 0.636. The average molecular weight is 190 g/mol. The molecule has 1 aromatic rings. The molecule has 0 N–H and O–H groups in total. The Balaban J connectivity index is 2.52. The Labute approximate surface area is 83.9 Å². The van der Waals surface area contributed by atoms with Gasteiger partial charge in [-0.25, -0.2) is 0 Å². The van der Waals surface area contributed by atoms with E-state index >= 15 is 0 Å². The van der Waals surface area contributed by atoms with Gasteiger partial charge in [-0.3, -0.25) is 4.79 Å². The Kier molecular flexibility index (Phi) is 1.88. The molecule has 0 aliphatic carbocycles. The molecule has 1 aliphatic rings. The summed E-state index contributed by atoms with van der Waals surface area (Å²) in [6, 6.07) is 3.79. The zero-order chi connectivity index (χ0) is 10.3. The number of rotatable bonds is 1. The van der Waals surface area contributed by atoms with Crippen molar-refractivity contribution in [2.24, 2.45) is 0 Å². The molecular formula is C12H14O2. The number of fused-ring (bicyclic) bond motifs is 1. The summed E-state index contributed by atoms with van der Waals surface area (Å²) in [6.07, 6.45) is 1.77. The zero-order valence-electron chi connectivity index (χ0n) is 8.76. The second-order valence-electron chi connectivity index (χ2n) is 4.48. The first-order valence-corrected chi connectivity index (χ1v) is 4.79. The van der Waals surface area contributed by atoms with Gasteiger partial charge in [0.1, 0.15) is 17.6 Å². The summed E-state index contributed by atoms with van der Waals surface area (Å²) in [6.45, 7) is 6.10. The van der Waals surface area contributed by atoms with Crippen molar-refractivity contribution in [3.8, 4) is 5.75 Å². The fourth-order valence-electron chi connectivity index (χ4n) is 1.99. The van der Waals surface area contributed by atoms with E-state index in [1.165, 1.54) is 0 Å². The summed E-state index contributed by atoms with van der Waals surface area (Å²) in [4.78, 5) is 10.7. The lowest BCUT2D eigenvalue weighted by Gasteiger charge is -2.17. The summed E-state index contributed by atoms with van der Waals surface area (Å²) in [7, 11) is 0. The van der Waals surface area contributed by atoms with Gasteiger partial charge in [-0.05, 0) is 44.0 Å². The van der Waals surface area contributed by atoms with Gasteiger partial charge in [-0.2, -0.15) is 0 Å². The van der Waals surface area contributed by atoms with Crippen LogP contribution in [-0.2, 0) is 6.42 Å². The number of carbonyl (C=O) groups excluding carboxylic acids is 1. The highest BCUT2D eigenvalue weighted by Crippen LogP contribution is 2.37. The van der Waals surface area contributed by atoms with Crippen LogP contribution in [0.3, 0.4) is 0 Å². The van der Waals surface area contributed by atoms with Gasteiger partial charge >= 0.3 is 0 Å². The van der Waals surface area contributed by atoms with E-state index in [1.807, 2.05) is 19.1 Å². The lowest BCUT2D eigenvalue weighted by Crippen LogP contribution is -2.24. The first-order valence-electron chi connectivity index (χ1n) is 4.79. The normalized spacial score (nSPS) is 17.4. The molecular weight excluding hydrogens is 176 g/mol. The largest absolute Gasteiger partial charge is 0.487 e. The summed E-state index contributed by atoms with van der Waals surface area (Å²) in [5.41, 5.74) is 2.81. The van der Waals surface area contributed by atoms with Crippen molar-refractivity contribution >= 4 is 6.29 Å². The van der Waals surface area contributed by atoms with Crippen LogP contribution in [0.1, 0.15) is 35.3 Å². The standard InChI is InChI=1S/C12H14O2/c1-8-4-9(7-13)5-10-6-12(2,3)14-11(8)10/h4-5,7H,6H2,1-3H3. The van der Waals surface area contributed by atoms with Crippen LogP contribution < -0.4 is 4.74 Å². The van der Waals surface area contributed by atoms with Crippen molar-refractivity contribution in [2.75, 3.05) is 0 Å². The van der Waals surface area contributed by atoms with Crippen LogP contribution in [0.5, 0.6) is 5.75 Å². The summed E-state index contributed by atoms with van der Waals surface area (Å²) in [5, 5.41) is 0. The van der Waals surface area contributed by atoms with E-state index in [9.17, 15) is 4.79 Å². The van der Waals surface area contributed by atoms with Gasteiger partial charge in [0.05, 0.1) is 0 Å². The molecule has 0 radical (unpaired) electrons. The molecule has 0 unspecified atom stereocenters. The van der Waals surface area contributed by atoms with E-state index in [2.05, 4.69) is 13.8 Å². The molecule has 2 rings (SSSR count). The number of aryl methyl sites for hydroxylation is 1. The smallest absolute Gasteiger partial charge is 0.150 e. The average Bonchev–Trinajstić information content (AvgIpc) is 2.40. The molecule has 0 bridgehead atoms. The lowest BCUT2D eigenvalue weighted by atomic mass is 9.99. The molecule has 0 saturated heterocycles. The molecule has 0 fully saturated rings. The Morgan fingerprint density at radius 1 is 1.43 bits per heavy atom. The van der Waals surface area contributed by atoms with Crippen LogP contribution in [0.2, 0.25) is 0 Å². The minimum absolute atomic E-state index is 0.130. The maximum absolute atomic E-state index is 10.7.